The summed E-state index contributed by atoms with van der Waals surface area (Å²) in [6.07, 6.45) is 3.49. The molecule has 196 valence electrons. The number of aromatic nitrogens is 6. The quantitative estimate of drug-likeness (QED) is 0.218. The number of fused-ring (bicyclic) bond motifs is 9. The van der Waals surface area contributed by atoms with Gasteiger partial charge in [-0.2, -0.15) is 9.97 Å². The largest absolute Gasteiger partial charge is 0.276 e. The van der Waals surface area contributed by atoms with Crippen LogP contribution in [0.25, 0.3) is 81.6 Å². The van der Waals surface area contributed by atoms with Gasteiger partial charge in [-0.15, -0.1) is 11.3 Å². The highest BCUT2D eigenvalue weighted by atomic mass is 32.1. The molecular weight excluding hydrogens is 536 g/mol. The van der Waals surface area contributed by atoms with Gasteiger partial charge in [0.15, 0.2) is 11.6 Å². The van der Waals surface area contributed by atoms with Crippen molar-refractivity contribution in [3.63, 3.8) is 0 Å². The lowest BCUT2D eigenvalue weighted by Crippen LogP contribution is -2.06. The van der Waals surface area contributed by atoms with E-state index >= 15 is 0 Å². The molecule has 0 bridgehead atoms. The monoisotopic (exact) mass is 556 g/mol. The number of hydrogen-bond acceptors (Lipinski definition) is 6. The van der Waals surface area contributed by atoms with Crippen LogP contribution in [0.15, 0.2) is 122 Å². The molecule has 42 heavy (non-hydrogen) atoms. The van der Waals surface area contributed by atoms with Crippen molar-refractivity contribution < 1.29 is 0 Å². The summed E-state index contributed by atoms with van der Waals surface area (Å²) in [5, 5.41) is 5.62. The van der Waals surface area contributed by atoms with E-state index in [0.29, 0.717) is 17.6 Å². The second-order valence-corrected chi connectivity index (χ2v) is 11.3. The van der Waals surface area contributed by atoms with E-state index in [9.17, 15) is 0 Å². The van der Waals surface area contributed by atoms with Crippen LogP contribution < -0.4 is 0 Å². The molecule has 5 aromatic carbocycles. The molecule has 0 radical (unpaired) electrons. The molecule has 0 amide bonds. The molecular formula is C35H20N6S. The van der Waals surface area contributed by atoms with Crippen molar-refractivity contribution >= 4 is 64.2 Å². The Kier molecular flexibility index (Phi) is 4.97. The minimum atomic E-state index is 0.570. The van der Waals surface area contributed by atoms with Crippen LogP contribution in [0.2, 0.25) is 0 Å². The second-order valence-electron chi connectivity index (χ2n) is 10.2. The molecule has 9 rings (SSSR count). The summed E-state index contributed by atoms with van der Waals surface area (Å²) in [4.78, 5) is 24.2. The van der Waals surface area contributed by atoms with Gasteiger partial charge in [0.05, 0.1) is 21.3 Å². The van der Waals surface area contributed by atoms with Crippen LogP contribution in [-0.4, -0.2) is 29.5 Å². The molecule has 0 aliphatic rings. The third-order valence-corrected chi connectivity index (χ3v) is 8.99. The van der Waals surface area contributed by atoms with Crippen LogP contribution in [-0.2, 0) is 0 Å². The van der Waals surface area contributed by atoms with Crippen LogP contribution in [0.4, 0.5) is 0 Å². The summed E-state index contributed by atoms with van der Waals surface area (Å²) >= 11 is 1.80. The van der Waals surface area contributed by atoms with E-state index < -0.39 is 0 Å². The van der Waals surface area contributed by atoms with E-state index in [2.05, 4.69) is 58.1 Å². The summed E-state index contributed by atoms with van der Waals surface area (Å²) in [6.45, 7) is 0. The SMILES string of the molecule is c1ccc(-c2nc(-c3ccccc3)nc(-n3c4ccc5cncnc5c4c4ccc5c6ccccc6sc5c43)n2)cc1. The molecule has 0 atom stereocenters. The van der Waals surface area contributed by atoms with Gasteiger partial charge in [0.25, 0.3) is 0 Å². The average Bonchev–Trinajstić information content (AvgIpc) is 3.61. The van der Waals surface area contributed by atoms with E-state index in [1.54, 1.807) is 17.7 Å². The Balaban J connectivity index is 1.48. The third kappa shape index (κ3) is 3.41. The van der Waals surface area contributed by atoms with Gasteiger partial charge in [0, 0.05) is 49.0 Å². The zero-order valence-electron chi connectivity index (χ0n) is 22.1. The van der Waals surface area contributed by atoms with Gasteiger partial charge in [-0.1, -0.05) is 91.0 Å². The molecule has 9 aromatic rings. The van der Waals surface area contributed by atoms with Crippen molar-refractivity contribution in [2.75, 3.05) is 0 Å². The first-order chi connectivity index (χ1) is 20.8. The third-order valence-electron chi connectivity index (χ3n) is 7.80. The molecule has 0 saturated heterocycles. The van der Waals surface area contributed by atoms with Crippen molar-refractivity contribution in [1.29, 1.82) is 0 Å². The first-order valence-electron chi connectivity index (χ1n) is 13.7. The zero-order chi connectivity index (χ0) is 27.6. The zero-order valence-corrected chi connectivity index (χ0v) is 23.0. The molecule has 0 spiro atoms. The van der Waals surface area contributed by atoms with Gasteiger partial charge in [-0.05, 0) is 18.2 Å². The van der Waals surface area contributed by atoms with Gasteiger partial charge in [0.2, 0.25) is 5.95 Å². The minimum absolute atomic E-state index is 0.570. The standard InChI is InChI=1S/C35H20N6S/c1-3-9-21(10-4-1)33-38-34(22-11-5-2-6-12-22)40-35(39-33)41-27-18-15-23-19-36-20-37-30(23)29(27)26-17-16-25-24-13-7-8-14-28(24)42-32(25)31(26)41/h1-20H. The van der Waals surface area contributed by atoms with E-state index in [-0.39, 0.29) is 0 Å². The number of thiophene rings is 1. The summed E-state index contributed by atoms with van der Waals surface area (Å²) < 4.78 is 4.63. The van der Waals surface area contributed by atoms with E-state index in [4.69, 9.17) is 19.9 Å². The molecule has 0 N–H and O–H groups in total. The van der Waals surface area contributed by atoms with Crippen LogP contribution in [0, 0.1) is 0 Å². The maximum Gasteiger partial charge on any atom is 0.238 e. The normalized spacial score (nSPS) is 11.8. The fraction of sp³-hybridized carbons (Fsp3) is 0. The van der Waals surface area contributed by atoms with Crippen LogP contribution >= 0.6 is 11.3 Å². The Labute approximate surface area is 243 Å². The Morgan fingerprint density at radius 2 is 1.29 bits per heavy atom. The van der Waals surface area contributed by atoms with Crippen LogP contribution in [0.1, 0.15) is 0 Å². The van der Waals surface area contributed by atoms with Crippen molar-refractivity contribution in [2.45, 2.75) is 0 Å². The summed E-state index contributed by atoms with van der Waals surface area (Å²) in [5.74, 6) is 1.82. The van der Waals surface area contributed by atoms with Gasteiger partial charge in [-0.25, -0.2) is 15.0 Å². The predicted octanol–water partition coefficient (Wildman–Crippen LogP) is 8.61. The van der Waals surface area contributed by atoms with Crippen molar-refractivity contribution in [3.05, 3.63) is 122 Å². The van der Waals surface area contributed by atoms with Crippen LogP contribution in [0.3, 0.4) is 0 Å². The fourth-order valence-electron chi connectivity index (χ4n) is 5.92. The smallest absolute Gasteiger partial charge is 0.238 e. The van der Waals surface area contributed by atoms with E-state index in [0.717, 1.165) is 43.8 Å². The highest BCUT2D eigenvalue weighted by molar-refractivity contribution is 7.26. The maximum absolute atomic E-state index is 5.13. The summed E-state index contributed by atoms with van der Waals surface area (Å²) in [6, 6.07) is 37.4. The number of benzene rings is 5. The lowest BCUT2D eigenvalue weighted by atomic mass is 10.1. The Morgan fingerprint density at radius 3 is 2.05 bits per heavy atom. The first-order valence-corrected chi connectivity index (χ1v) is 14.5. The van der Waals surface area contributed by atoms with Crippen LogP contribution in [0.5, 0.6) is 0 Å². The molecule has 0 aliphatic heterocycles. The molecule has 0 unspecified atom stereocenters. The average molecular weight is 557 g/mol. The minimum Gasteiger partial charge on any atom is -0.276 e. The van der Waals surface area contributed by atoms with Gasteiger partial charge in [0.1, 0.15) is 6.33 Å². The summed E-state index contributed by atoms with van der Waals surface area (Å²) in [7, 11) is 0. The Hall–Kier alpha value is -5.53. The number of rotatable bonds is 3. The van der Waals surface area contributed by atoms with Crippen molar-refractivity contribution in [1.82, 2.24) is 29.5 Å². The van der Waals surface area contributed by atoms with E-state index in [1.165, 1.54) is 20.2 Å². The number of nitrogens with zero attached hydrogens (tertiary/aromatic N) is 6. The second kappa shape index (κ2) is 8.99. The van der Waals surface area contributed by atoms with E-state index in [1.807, 2.05) is 66.9 Å². The molecule has 0 aliphatic carbocycles. The first kappa shape index (κ1) is 23.2. The van der Waals surface area contributed by atoms with Gasteiger partial charge in [-0.3, -0.25) is 4.57 Å². The van der Waals surface area contributed by atoms with Gasteiger partial charge < -0.3 is 0 Å². The summed E-state index contributed by atoms with van der Waals surface area (Å²) in [5.41, 5.74) is 4.84. The topological polar surface area (TPSA) is 69.4 Å². The predicted molar refractivity (Wildman–Crippen MR) is 171 cm³/mol. The van der Waals surface area contributed by atoms with Crippen molar-refractivity contribution in [3.8, 4) is 28.7 Å². The molecule has 0 saturated carbocycles. The lowest BCUT2D eigenvalue weighted by Gasteiger charge is -2.11. The fourth-order valence-corrected chi connectivity index (χ4v) is 7.16. The molecule has 0 fully saturated rings. The molecule has 4 heterocycles. The maximum atomic E-state index is 5.13. The molecule has 4 aromatic heterocycles. The number of hydrogen-bond donors (Lipinski definition) is 0. The Bertz CT molecular complexity index is 2410. The van der Waals surface area contributed by atoms with Crippen molar-refractivity contribution in [2.24, 2.45) is 0 Å². The highest BCUT2D eigenvalue weighted by Crippen LogP contribution is 2.44. The molecule has 7 heteroatoms. The Morgan fingerprint density at radius 1 is 0.595 bits per heavy atom. The van der Waals surface area contributed by atoms with Gasteiger partial charge >= 0.3 is 0 Å². The lowest BCUT2D eigenvalue weighted by molar-refractivity contribution is 0.955. The molecule has 6 nitrogen and oxygen atoms in total. The highest BCUT2D eigenvalue weighted by Gasteiger charge is 2.22.